The fourth-order valence-corrected chi connectivity index (χ4v) is 6.58. The van der Waals surface area contributed by atoms with Crippen molar-refractivity contribution in [1.29, 1.82) is 0 Å². The number of aromatic nitrogens is 1. The van der Waals surface area contributed by atoms with Gasteiger partial charge in [-0.3, -0.25) is 24.6 Å². The van der Waals surface area contributed by atoms with Gasteiger partial charge in [0.25, 0.3) is 5.91 Å². The third kappa shape index (κ3) is 4.00. The van der Waals surface area contributed by atoms with E-state index >= 15 is 0 Å². The molecule has 0 radical (unpaired) electrons. The van der Waals surface area contributed by atoms with Gasteiger partial charge in [-0.1, -0.05) is 30.7 Å². The second-order valence-electron chi connectivity index (χ2n) is 11.3. The number of fused-ring (bicyclic) bond motifs is 2. The first kappa shape index (κ1) is 23.5. The van der Waals surface area contributed by atoms with Crippen LogP contribution in [0.3, 0.4) is 0 Å². The summed E-state index contributed by atoms with van der Waals surface area (Å²) in [4.78, 5) is 46.6. The van der Waals surface area contributed by atoms with Crippen LogP contribution in [0, 0.1) is 0 Å². The second kappa shape index (κ2) is 9.31. The lowest BCUT2D eigenvalue weighted by Crippen LogP contribution is -2.52. The number of carbonyl (C=O) groups excluding carboxylic acids is 3. The smallest absolute Gasteiger partial charge is 0.255 e. The average molecular weight is 509 g/mol. The molecular weight excluding hydrogens is 476 g/mol. The number of para-hydroxylation sites is 1. The minimum absolute atomic E-state index is 0.144. The number of pyridine rings is 1. The largest absolute Gasteiger partial charge is 0.322 e. The Morgan fingerprint density at radius 3 is 2.55 bits per heavy atom. The molecule has 7 nitrogen and oxygen atoms in total. The van der Waals surface area contributed by atoms with Gasteiger partial charge in [-0.15, -0.1) is 0 Å². The third-order valence-corrected chi connectivity index (χ3v) is 8.91. The van der Waals surface area contributed by atoms with E-state index in [1.807, 2.05) is 12.1 Å². The molecule has 0 spiro atoms. The van der Waals surface area contributed by atoms with Gasteiger partial charge in [0.05, 0.1) is 11.2 Å². The van der Waals surface area contributed by atoms with Gasteiger partial charge in [0, 0.05) is 36.0 Å². The van der Waals surface area contributed by atoms with Crippen LogP contribution in [0.25, 0.3) is 22.2 Å². The minimum Gasteiger partial charge on any atom is -0.322 e. The number of hydrogen-bond donors (Lipinski definition) is 1. The zero-order valence-electron chi connectivity index (χ0n) is 21.5. The van der Waals surface area contributed by atoms with Gasteiger partial charge < -0.3 is 4.90 Å². The van der Waals surface area contributed by atoms with Crippen molar-refractivity contribution >= 4 is 28.6 Å². The molecule has 4 heterocycles. The van der Waals surface area contributed by atoms with Gasteiger partial charge >= 0.3 is 0 Å². The average Bonchev–Trinajstić information content (AvgIpc) is 3.51. The molecule has 38 heavy (non-hydrogen) atoms. The maximum atomic E-state index is 13.2. The highest BCUT2D eigenvalue weighted by Gasteiger charge is 2.39. The molecule has 2 aromatic carbocycles. The van der Waals surface area contributed by atoms with Crippen molar-refractivity contribution in [3.63, 3.8) is 0 Å². The molecular formula is C31H32N4O3. The first-order valence-electron chi connectivity index (χ1n) is 14.0. The van der Waals surface area contributed by atoms with Crippen LogP contribution in [0.1, 0.15) is 77.9 Å². The van der Waals surface area contributed by atoms with Gasteiger partial charge in [-0.2, -0.15) is 0 Å². The minimum atomic E-state index is -0.605. The Morgan fingerprint density at radius 1 is 0.947 bits per heavy atom. The van der Waals surface area contributed by atoms with Gasteiger partial charge in [-0.25, -0.2) is 4.98 Å². The van der Waals surface area contributed by atoms with Crippen molar-refractivity contribution in [1.82, 2.24) is 20.1 Å². The summed E-state index contributed by atoms with van der Waals surface area (Å²) >= 11 is 0. The Balaban J connectivity index is 1.27. The summed E-state index contributed by atoms with van der Waals surface area (Å²) in [6, 6.07) is 14.2. The lowest BCUT2D eigenvalue weighted by Gasteiger charge is -2.29. The van der Waals surface area contributed by atoms with Crippen LogP contribution < -0.4 is 5.32 Å². The maximum absolute atomic E-state index is 13.2. The van der Waals surface area contributed by atoms with Crippen molar-refractivity contribution < 1.29 is 14.4 Å². The van der Waals surface area contributed by atoms with Gasteiger partial charge in [-0.05, 0) is 86.0 Å². The molecule has 2 saturated heterocycles. The van der Waals surface area contributed by atoms with E-state index < -0.39 is 6.04 Å². The Hall–Kier alpha value is -3.58. The molecule has 194 valence electrons. The molecule has 3 aliphatic heterocycles. The highest BCUT2D eigenvalue weighted by Crippen LogP contribution is 2.41. The molecule has 3 fully saturated rings. The monoisotopic (exact) mass is 508 g/mol. The van der Waals surface area contributed by atoms with E-state index in [-0.39, 0.29) is 24.1 Å². The van der Waals surface area contributed by atoms with E-state index in [9.17, 15) is 14.4 Å². The van der Waals surface area contributed by atoms with E-state index in [0.717, 1.165) is 42.0 Å². The molecule has 1 N–H and O–H groups in total. The fourth-order valence-electron chi connectivity index (χ4n) is 6.58. The van der Waals surface area contributed by atoms with Crippen LogP contribution >= 0.6 is 0 Å². The van der Waals surface area contributed by atoms with E-state index in [4.69, 9.17) is 4.98 Å². The molecule has 1 aliphatic carbocycles. The Bertz CT molecular complexity index is 1470. The van der Waals surface area contributed by atoms with Crippen LogP contribution in [-0.2, 0) is 22.7 Å². The number of carbonyl (C=O) groups is 3. The normalized spacial score (nSPS) is 22.2. The van der Waals surface area contributed by atoms with Crippen molar-refractivity contribution in [2.75, 3.05) is 13.1 Å². The number of piperidine rings is 1. The number of nitrogens with one attached hydrogen (secondary N) is 1. The van der Waals surface area contributed by atoms with Crippen molar-refractivity contribution in [3.8, 4) is 11.3 Å². The number of likely N-dealkylation sites (tertiary alicyclic amines) is 1. The molecule has 4 aliphatic rings. The molecule has 0 bridgehead atoms. The number of benzene rings is 2. The summed E-state index contributed by atoms with van der Waals surface area (Å²) in [7, 11) is 0. The third-order valence-electron chi connectivity index (χ3n) is 8.91. The molecule has 7 rings (SSSR count). The molecule has 1 saturated carbocycles. The summed E-state index contributed by atoms with van der Waals surface area (Å²) in [5, 5.41) is 3.64. The van der Waals surface area contributed by atoms with Crippen LogP contribution in [0.4, 0.5) is 0 Å². The topological polar surface area (TPSA) is 82.6 Å². The van der Waals surface area contributed by atoms with Crippen molar-refractivity contribution in [2.24, 2.45) is 0 Å². The summed E-state index contributed by atoms with van der Waals surface area (Å²) in [6.07, 6.45) is 6.87. The van der Waals surface area contributed by atoms with Crippen molar-refractivity contribution in [2.45, 2.75) is 70.0 Å². The van der Waals surface area contributed by atoms with Gasteiger partial charge in [0.2, 0.25) is 11.8 Å². The Labute approximate surface area is 222 Å². The van der Waals surface area contributed by atoms with E-state index in [1.54, 1.807) is 4.90 Å². The molecule has 1 atom stereocenters. The van der Waals surface area contributed by atoms with E-state index in [1.165, 1.54) is 48.6 Å². The molecule has 3 amide bonds. The van der Waals surface area contributed by atoms with Crippen LogP contribution in [0.5, 0.6) is 0 Å². The van der Waals surface area contributed by atoms with E-state index in [2.05, 4.69) is 40.5 Å². The summed E-state index contributed by atoms with van der Waals surface area (Å²) < 4.78 is 0. The molecule has 1 aromatic heterocycles. The van der Waals surface area contributed by atoms with Gasteiger partial charge in [0.15, 0.2) is 0 Å². The quantitative estimate of drug-likeness (QED) is 0.512. The van der Waals surface area contributed by atoms with E-state index in [0.29, 0.717) is 24.4 Å². The first-order chi connectivity index (χ1) is 18.5. The summed E-state index contributed by atoms with van der Waals surface area (Å²) in [5.74, 6) is -0.213. The summed E-state index contributed by atoms with van der Waals surface area (Å²) in [5.41, 5.74) is 7.26. The number of amides is 3. The highest BCUT2D eigenvalue weighted by atomic mass is 16.2. The Kier molecular flexibility index (Phi) is 5.77. The second-order valence-corrected chi connectivity index (χ2v) is 11.3. The molecule has 1 unspecified atom stereocenters. The van der Waals surface area contributed by atoms with Crippen LogP contribution in [-0.4, -0.2) is 51.6 Å². The number of hydrogen-bond acceptors (Lipinski definition) is 5. The SMILES string of the molecule is O=C1CCC(N2Cc3cc(-c4cc(CN5CCCC5)c5cccc(C6CCC6)c5n4)ccc3C2=O)C(=O)N1. The standard InChI is InChI=1S/C31H32N4O3/c36-28-12-11-27(30(37)33-28)35-18-21-15-20(9-10-25(21)31(35)38)26-16-22(17-34-13-1-2-14-34)24-8-4-7-23(29(24)32-26)19-5-3-6-19/h4,7-10,15-16,19,27H,1-3,5-6,11-14,17-18H2,(H,33,36,37). The predicted molar refractivity (Wildman–Crippen MR) is 144 cm³/mol. The predicted octanol–water partition coefficient (Wildman–Crippen LogP) is 4.53. The molecule has 3 aromatic rings. The zero-order chi connectivity index (χ0) is 25.8. The lowest BCUT2D eigenvalue weighted by molar-refractivity contribution is -0.136. The van der Waals surface area contributed by atoms with Crippen molar-refractivity contribution in [3.05, 3.63) is 64.7 Å². The number of imide groups is 1. The summed E-state index contributed by atoms with van der Waals surface area (Å²) in [6.45, 7) is 3.57. The number of nitrogens with zero attached hydrogens (tertiary/aromatic N) is 3. The van der Waals surface area contributed by atoms with Crippen LogP contribution in [0.2, 0.25) is 0 Å². The lowest BCUT2D eigenvalue weighted by atomic mass is 9.79. The molecule has 7 heteroatoms. The number of rotatable bonds is 5. The Morgan fingerprint density at radius 2 is 1.79 bits per heavy atom. The first-order valence-corrected chi connectivity index (χ1v) is 14.0. The highest BCUT2D eigenvalue weighted by molar-refractivity contribution is 6.05. The zero-order valence-corrected chi connectivity index (χ0v) is 21.5. The van der Waals surface area contributed by atoms with Crippen LogP contribution in [0.15, 0.2) is 42.5 Å². The maximum Gasteiger partial charge on any atom is 0.255 e. The van der Waals surface area contributed by atoms with Gasteiger partial charge in [0.1, 0.15) is 6.04 Å². The fraction of sp³-hybridized carbons (Fsp3) is 0.419.